The van der Waals surface area contributed by atoms with E-state index < -0.39 is 0 Å². The van der Waals surface area contributed by atoms with Crippen LogP contribution in [0.4, 0.5) is 15.8 Å². The van der Waals surface area contributed by atoms with Gasteiger partial charge in [0.15, 0.2) is 0 Å². The molecule has 0 bridgehead atoms. The van der Waals surface area contributed by atoms with Crippen LogP contribution < -0.4 is 10.2 Å². The van der Waals surface area contributed by atoms with Gasteiger partial charge < -0.3 is 10.2 Å². The van der Waals surface area contributed by atoms with Gasteiger partial charge in [0.1, 0.15) is 5.82 Å². The van der Waals surface area contributed by atoms with Crippen molar-refractivity contribution < 1.29 is 4.39 Å². The average Bonchev–Trinajstić information content (AvgIpc) is 2.49. The van der Waals surface area contributed by atoms with Crippen molar-refractivity contribution in [3.63, 3.8) is 0 Å². The molecular formula is C17H20ClFN2. The monoisotopic (exact) mass is 306 g/mol. The van der Waals surface area contributed by atoms with Crippen LogP contribution in [0.25, 0.3) is 0 Å². The fourth-order valence-electron chi connectivity index (χ4n) is 2.24. The lowest BCUT2D eigenvalue weighted by Crippen LogP contribution is -2.21. The van der Waals surface area contributed by atoms with Crippen LogP contribution in [0.5, 0.6) is 0 Å². The Hall–Kier alpha value is -1.74. The molecule has 0 unspecified atom stereocenters. The number of rotatable bonds is 6. The predicted octanol–water partition coefficient (Wildman–Crippen LogP) is 4.94. The summed E-state index contributed by atoms with van der Waals surface area (Å²) >= 11 is 5.74. The lowest BCUT2D eigenvalue weighted by atomic mass is 10.2. The summed E-state index contributed by atoms with van der Waals surface area (Å²) in [5.74, 6) is -0.331. The fraction of sp³-hybridized carbons (Fsp3) is 0.294. The van der Waals surface area contributed by atoms with Crippen molar-refractivity contribution in [3.8, 4) is 0 Å². The number of anilines is 2. The number of benzene rings is 2. The molecule has 0 fully saturated rings. The topological polar surface area (TPSA) is 15.3 Å². The van der Waals surface area contributed by atoms with Gasteiger partial charge in [-0.15, -0.1) is 0 Å². The third kappa shape index (κ3) is 4.11. The molecule has 2 nitrogen and oxygen atoms in total. The summed E-state index contributed by atoms with van der Waals surface area (Å²) in [4.78, 5) is 2.29. The van der Waals surface area contributed by atoms with E-state index in [2.05, 4.69) is 48.3 Å². The highest BCUT2D eigenvalue weighted by Crippen LogP contribution is 2.20. The van der Waals surface area contributed by atoms with E-state index in [9.17, 15) is 4.39 Å². The smallest absolute Gasteiger partial charge is 0.147 e. The quantitative estimate of drug-likeness (QED) is 0.813. The first kappa shape index (κ1) is 15.6. The minimum atomic E-state index is -0.331. The molecule has 1 N–H and O–H groups in total. The molecule has 0 saturated carbocycles. The Morgan fingerprint density at radius 2 is 1.71 bits per heavy atom. The summed E-state index contributed by atoms with van der Waals surface area (Å²) in [6.07, 6.45) is 0. The maximum absolute atomic E-state index is 13.7. The van der Waals surface area contributed by atoms with Gasteiger partial charge in [-0.2, -0.15) is 0 Å². The largest absolute Gasteiger partial charge is 0.379 e. The molecule has 0 aliphatic rings. The third-order valence-electron chi connectivity index (χ3n) is 3.48. The minimum Gasteiger partial charge on any atom is -0.379 e. The summed E-state index contributed by atoms with van der Waals surface area (Å²) in [5.41, 5.74) is 2.79. The summed E-state index contributed by atoms with van der Waals surface area (Å²) < 4.78 is 13.7. The molecule has 0 heterocycles. The highest BCUT2D eigenvalue weighted by Gasteiger charge is 2.04. The molecule has 0 spiro atoms. The van der Waals surface area contributed by atoms with Crippen LogP contribution in [0.1, 0.15) is 19.4 Å². The first-order valence-corrected chi connectivity index (χ1v) is 7.54. The van der Waals surface area contributed by atoms with Crippen LogP contribution in [0.2, 0.25) is 5.02 Å². The molecule has 0 aliphatic heterocycles. The van der Waals surface area contributed by atoms with Crippen molar-refractivity contribution in [3.05, 3.63) is 58.9 Å². The minimum absolute atomic E-state index is 0.331. The van der Waals surface area contributed by atoms with Crippen LogP contribution in [0.15, 0.2) is 42.5 Å². The van der Waals surface area contributed by atoms with E-state index in [1.54, 1.807) is 12.1 Å². The van der Waals surface area contributed by atoms with Gasteiger partial charge in [0.25, 0.3) is 0 Å². The predicted molar refractivity (Wildman–Crippen MR) is 88.7 cm³/mol. The van der Waals surface area contributed by atoms with Crippen molar-refractivity contribution in [2.75, 3.05) is 23.3 Å². The number of halogens is 2. The SMILES string of the molecule is CCN(CC)c1ccc(CNc2ccc(Cl)cc2F)cc1. The zero-order chi connectivity index (χ0) is 15.2. The molecule has 0 saturated heterocycles. The number of nitrogens with zero attached hydrogens (tertiary/aromatic N) is 1. The van der Waals surface area contributed by atoms with Gasteiger partial charge in [0.05, 0.1) is 5.69 Å². The van der Waals surface area contributed by atoms with Crippen molar-refractivity contribution in [2.45, 2.75) is 20.4 Å². The second-order valence-corrected chi connectivity index (χ2v) is 5.25. The summed E-state index contributed by atoms with van der Waals surface area (Å²) in [5, 5.41) is 3.49. The van der Waals surface area contributed by atoms with Crippen LogP contribution in [-0.4, -0.2) is 13.1 Å². The first-order chi connectivity index (χ1) is 10.1. The molecule has 2 rings (SSSR count). The molecule has 2 aromatic rings. The molecule has 0 amide bonds. The Bertz CT molecular complexity index is 580. The van der Waals surface area contributed by atoms with Crippen molar-refractivity contribution in [2.24, 2.45) is 0 Å². The van der Waals surface area contributed by atoms with E-state index in [1.807, 2.05) is 0 Å². The maximum Gasteiger partial charge on any atom is 0.147 e. The van der Waals surface area contributed by atoms with Crippen LogP contribution in [0.3, 0.4) is 0 Å². The molecule has 21 heavy (non-hydrogen) atoms. The van der Waals surface area contributed by atoms with Gasteiger partial charge in [-0.1, -0.05) is 23.7 Å². The van der Waals surface area contributed by atoms with E-state index in [1.165, 1.54) is 11.8 Å². The highest BCUT2D eigenvalue weighted by molar-refractivity contribution is 6.30. The fourth-order valence-corrected chi connectivity index (χ4v) is 2.40. The number of nitrogens with one attached hydrogen (secondary N) is 1. The number of hydrogen-bond acceptors (Lipinski definition) is 2. The Balaban J connectivity index is 2.00. The summed E-state index contributed by atoms with van der Waals surface area (Å²) in [6.45, 7) is 6.84. The van der Waals surface area contributed by atoms with Gasteiger partial charge in [-0.25, -0.2) is 4.39 Å². The van der Waals surface area contributed by atoms with Crippen molar-refractivity contribution in [1.29, 1.82) is 0 Å². The van der Waals surface area contributed by atoms with E-state index in [0.717, 1.165) is 18.7 Å². The zero-order valence-electron chi connectivity index (χ0n) is 12.4. The standard InChI is InChI=1S/C17H20ClFN2/c1-3-21(4-2)15-8-5-13(6-9-15)12-20-17-10-7-14(18)11-16(17)19/h5-11,20H,3-4,12H2,1-2H3. The summed E-state index contributed by atoms with van der Waals surface area (Å²) in [7, 11) is 0. The lowest BCUT2D eigenvalue weighted by molar-refractivity contribution is 0.630. The van der Waals surface area contributed by atoms with Gasteiger partial charge in [-0.3, -0.25) is 0 Å². The van der Waals surface area contributed by atoms with Gasteiger partial charge >= 0.3 is 0 Å². The summed E-state index contributed by atoms with van der Waals surface area (Å²) in [6, 6.07) is 13.0. The van der Waals surface area contributed by atoms with Gasteiger partial charge in [0.2, 0.25) is 0 Å². The molecule has 2 aromatic carbocycles. The molecule has 0 atom stereocenters. The second kappa shape index (κ2) is 7.32. The Labute approximate surface area is 130 Å². The van der Waals surface area contributed by atoms with Crippen LogP contribution >= 0.6 is 11.6 Å². The molecule has 0 aliphatic carbocycles. The van der Waals surface area contributed by atoms with Crippen molar-refractivity contribution >= 4 is 23.0 Å². The molecule has 0 aromatic heterocycles. The van der Waals surface area contributed by atoms with Crippen LogP contribution in [-0.2, 0) is 6.54 Å². The van der Waals surface area contributed by atoms with E-state index >= 15 is 0 Å². The molecular weight excluding hydrogens is 287 g/mol. The lowest BCUT2D eigenvalue weighted by Gasteiger charge is -2.21. The first-order valence-electron chi connectivity index (χ1n) is 7.16. The second-order valence-electron chi connectivity index (χ2n) is 4.82. The highest BCUT2D eigenvalue weighted by atomic mass is 35.5. The Kier molecular flexibility index (Phi) is 5.45. The average molecular weight is 307 g/mol. The Morgan fingerprint density at radius 3 is 2.29 bits per heavy atom. The molecule has 112 valence electrons. The normalized spacial score (nSPS) is 10.5. The molecule has 4 heteroatoms. The van der Waals surface area contributed by atoms with Gasteiger partial charge in [-0.05, 0) is 49.7 Å². The third-order valence-corrected chi connectivity index (χ3v) is 3.71. The van der Waals surface area contributed by atoms with Gasteiger partial charge in [0, 0.05) is 30.3 Å². The van der Waals surface area contributed by atoms with E-state index in [-0.39, 0.29) is 5.82 Å². The van der Waals surface area contributed by atoms with Crippen LogP contribution in [0, 0.1) is 5.82 Å². The zero-order valence-corrected chi connectivity index (χ0v) is 13.1. The Morgan fingerprint density at radius 1 is 1.05 bits per heavy atom. The van der Waals surface area contributed by atoms with E-state index in [0.29, 0.717) is 17.3 Å². The number of hydrogen-bond donors (Lipinski definition) is 1. The maximum atomic E-state index is 13.7. The van der Waals surface area contributed by atoms with Crippen molar-refractivity contribution in [1.82, 2.24) is 0 Å². The van der Waals surface area contributed by atoms with E-state index in [4.69, 9.17) is 11.6 Å². The molecule has 0 radical (unpaired) electrons.